The van der Waals surface area contributed by atoms with Crippen molar-refractivity contribution in [2.75, 3.05) is 19.4 Å². The number of aromatic nitrogens is 3. The lowest BCUT2D eigenvalue weighted by atomic mass is 9.93. The van der Waals surface area contributed by atoms with Gasteiger partial charge in [-0.1, -0.05) is 42.2 Å². The number of ether oxygens (including phenoxy) is 1. The highest BCUT2D eigenvalue weighted by Crippen LogP contribution is 2.42. The average molecular weight is 610 g/mol. The Hall–Kier alpha value is -4.74. The molecule has 0 bridgehead atoms. The molecule has 11 heteroatoms. The molecule has 1 fully saturated rings. The summed E-state index contributed by atoms with van der Waals surface area (Å²) in [6, 6.07) is 16.3. The number of benzene rings is 3. The second-order valence-corrected chi connectivity index (χ2v) is 11.8. The maximum Gasteiger partial charge on any atom is 0.335 e. The molecular weight excluding hydrogens is 583 g/mol. The number of methoxy groups -OCH3 is 1. The van der Waals surface area contributed by atoms with Gasteiger partial charge in [0.15, 0.2) is 0 Å². The topological polar surface area (TPSA) is 124 Å². The summed E-state index contributed by atoms with van der Waals surface area (Å²) in [6.45, 7) is 2.42. The molecule has 0 aliphatic carbocycles. The first-order valence-corrected chi connectivity index (χ1v) is 14.7. The van der Waals surface area contributed by atoms with E-state index in [1.54, 1.807) is 42.5 Å². The third-order valence-electron chi connectivity index (χ3n) is 7.65. The number of aromatic carboxylic acids is 1. The third kappa shape index (κ3) is 5.00. The molecule has 5 aromatic rings. The Labute approximate surface area is 257 Å². The van der Waals surface area contributed by atoms with Crippen LogP contribution in [0.15, 0.2) is 65.7 Å². The minimum absolute atomic E-state index is 0.162. The summed E-state index contributed by atoms with van der Waals surface area (Å²) in [5.74, 6) is -0.0506. The van der Waals surface area contributed by atoms with Crippen molar-refractivity contribution < 1.29 is 19.4 Å². The Morgan fingerprint density at radius 3 is 2.65 bits per heavy atom. The van der Waals surface area contributed by atoms with Gasteiger partial charge < -0.3 is 20.1 Å². The van der Waals surface area contributed by atoms with Crippen molar-refractivity contribution in [3.8, 4) is 16.9 Å². The van der Waals surface area contributed by atoms with Gasteiger partial charge in [-0.25, -0.2) is 9.78 Å². The van der Waals surface area contributed by atoms with Gasteiger partial charge in [0.2, 0.25) is 5.95 Å². The van der Waals surface area contributed by atoms with Crippen LogP contribution in [0.1, 0.15) is 27.0 Å². The number of carboxylic acids is 1. The van der Waals surface area contributed by atoms with Gasteiger partial charge in [0.25, 0.3) is 5.91 Å². The number of thiocarbonyl (C=S) groups is 1. The fourth-order valence-electron chi connectivity index (χ4n) is 5.46. The second-order valence-electron chi connectivity index (χ2n) is 10.2. The molecule has 9 nitrogen and oxygen atoms in total. The summed E-state index contributed by atoms with van der Waals surface area (Å²) in [5, 5.41) is 10.0. The molecule has 0 radical (unpaired) electrons. The van der Waals surface area contributed by atoms with Crippen LogP contribution in [-0.4, -0.2) is 54.4 Å². The molecule has 1 aliphatic heterocycles. The van der Waals surface area contributed by atoms with Gasteiger partial charge >= 0.3 is 5.97 Å². The number of anilines is 1. The maximum atomic E-state index is 13.4. The fraction of sp³-hybridized carbons (Fsp3) is 0.156. The second kappa shape index (κ2) is 11.2. The predicted octanol–water partition coefficient (Wildman–Crippen LogP) is 5.83. The van der Waals surface area contributed by atoms with E-state index in [2.05, 4.69) is 4.98 Å². The molecule has 1 amide bonds. The Morgan fingerprint density at radius 2 is 1.93 bits per heavy atom. The summed E-state index contributed by atoms with van der Waals surface area (Å²) in [7, 11) is 3.52. The van der Waals surface area contributed by atoms with Crippen LogP contribution in [0.4, 0.5) is 5.95 Å². The minimum Gasteiger partial charge on any atom is -0.496 e. The van der Waals surface area contributed by atoms with E-state index in [0.717, 1.165) is 49.8 Å². The lowest BCUT2D eigenvalue weighted by molar-refractivity contribution is -0.122. The van der Waals surface area contributed by atoms with E-state index in [4.69, 9.17) is 32.8 Å². The van der Waals surface area contributed by atoms with Gasteiger partial charge in [-0.2, -0.15) is 0 Å². The number of rotatable bonds is 7. The molecule has 0 saturated carbocycles. The lowest BCUT2D eigenvalue weighted by Gasteiger charge is -2.16. The lowest BCUT2D eigenvalue weighted by Crippen LogP contribution is -2.30. The van der Waals surface area contributed by atoms with Crippen molar-refractivity contribution in [2.24, 2.45) is 7.05 Å². The fourth-order valence-corrected chi connectivity index (χ4v) is 6.77. The van der Waals surface area contributed by atoms with Crippen LogP contribution >= 0.6 is 24.0 Å². The van der Waals surface area contributed by atoms with Gasteiger partial charge in [0.05, 0.1) is 28.6 Å². The summed E-state index contributed by atoms with van der Waals surface area (Å²) < 4.78 is 8.16. The largest absolute Gasteiger partial charge is 0.496 e. The molecule has 0 spiro atoms. The molecule has 2 aromatic heterocycles. The van der Waals surface area contributed by atoms with E-state index in [1.165, 1.54) is 11.8 Å². The standard InChI is InChI=1S/C32H27N5O4S2/c1-17-25(26-21(5-4-13-34-26)27-28(17)36(2)31(33)35-27)22-15-19(8-11-23(22)41-3)16-24-29(38)37(32(42)43-24)14-12-18-6-9-20(10-7-18)30(39)40/h4-11,13,15-16H,12,14H2,1-3H3,(H2,33,35)(H,39,40)/b24-16-. The van der Waals surface area contributed by atoms with Crippen LogP contribution in [0.3, 0.4) is 0 Å². The number of carbonyl (C=O) groups excluding carboxylic acids is 1. The van der Waals surface area contributed by atoms with Gasteiger partial charge in [0, 0.05) is 36.3 Å². The molecule has 1 aliphatic rings. The zero-order valence-corrected chi connectivity index (χ0v) is 25.3. The van der Waals surface area contributed by atoms with Crippen molar-refractivity contribution in [1.29, 1.82) is 0 Å². The molecular formula is C32H27N5O4S2. The Morgan fingerprint density at radius 1 is 1.16 bits per heavy atom. The normalized spacial score (nSPS) is 14.4. The van der Waals surface area contributed by atoms with Gasteiger partial charge in [-0.05, 0) is 72.5 Å². The zero-order chi connectivity index (χ0) is 30.4. The highest BCUT2D eigenvalue weighted by molar-refractivity contribution is 8.26. The van der Waals surface area contributed by atoms with Crippen LogP contribution in [0.25, 0.3) is 39.1 Å². The predicted molar refractivity (Wildman–Crippen MR) is 174 cm³/mol. The van der Waals surface area contributed by atoms with E-state index < -0.39 is 5.97 Å². The summed E-state index contributed by atoms with van der Waals surface area (Å²) in [6.07, 6.45) is 4.15. The van der Waals surface area contributed by atoms with Crippen LogP contribution in [0.2, 0.25) is 0 Å². The molecule has 3 N–H and O–H groups in total. The Balaban J connectivity index is 1.36. The minimum atomic E-state index is -0.975. The first-order chi connectivity index (χ1) is 20.7. The number of fused-ring (bicyclic) bond motifs is 3. The smallest absolute Gasteiger partial charge is 0.335 e. The van der Waals surface area contributed by atoms with Crippen molar-refractivity contribution in [1.82, 2.24) is 19.4 Å². The number of hydrogen-bond donors (Lipinski definition) is 2. The van der Waals surface area contributed by atoms with Crippen LogP contribution in [-0.2, 0) is 18.3 Å². The number of nitrogens with two attached hydrogens (primary N) is 1. The van der Waals surface area contributed by atoms with Gasteiger partial charge in [-0.15, -0.1) is 0 Å². The number of carboxylic acid groups (broad SMARTS) is 1. The first-order valence-electron chi connectivity index (χ1n) is 13.4. The Kier molecular flexibility index (Phi) is 7.37. The number of imidazole rings is 1. The number of carbonyl (C=O) groups is 2. The zero-order valence-electron chi connectivity index (χ0n) is 23.6. The highest BCUT2D eigenvalue weighted by atomic mass is 32.2. The third-order valence-corrected chi connectivity index (χ3v) is 9.03. The number of amides is 1. The number of aryl methyl sites for hydroxylation is 2. The quantitative estimate of drug-likeness (QED) is 0.173. The van der Waals surface area contributed by atoms with Crippen molar-refractivity contribution in [3.05, 3.63) is 88.0 Å². The van der Waals surface area contributed by atoms with E-state index in [0.29, 0.717) is 33.9 Å². The first kappa shape index (κ1) is 28.4. The SMILES string of the molecule is COc1ccc(/C=C2\SC(=S)N(CCc3ccc(C(=O)O)cc3)C2=O)cc1-c1c(C)c2c(nc(N)n2C)c2cccnc12. The molecule has 0 atom stereocenters. The molecule has 216 valence electrons. The molecule has 6 rings (SSSR count). The molecule has 1 saturated heterocycles. The van der Waals surface area contributed by atoms with E-state index in [-0.39, 0.29) is 11.5 Å². The summed E-state index contributed by atoms with van der Waals surface area (Å²) >= 11 is 6.82. The molecule has 3 aromatic carbocycles. The van der Waals surface area contributed by atoms with Gasteiger partial charge in [-0.3, -0.25) is 14.7 Å². The van der Waals surface area contributed by atoms with E-state index >= 15 is 0 Å². The van der Waals surface area contributed by atoms with Crippen LogP contribution < -0.4 is 10.5 Å². The van der Waals surface area contributed by atoms with E-state index in [1.807, 2.05) is 54.9 Å². The Bertz CT molecular complexity index is 2000. The van der Waals surface area contributed by atoms with Gasteiger partial charge in [0.1, 0.15) is 15.6 Å². The summed E-state index contributed by atoms with van der Waals surface area (Å²) in [4.78, 5) is 36.0. The molecule has 0 unspecified atom stereocenters. The van der Waals surface area contributed by atoms with Crippen LogP contribution in [0, 0.1) is 6.92 Å². The number of nitrogen functional groups attached to an aromatic ring is 1. The number of hydrogen-bond acceptors (Lipinski definition) is 8. The monoisotopic (exact) mass is 609 g/mol. The summed E-state index contributed by atoms with van der Waals surface area (Å²) in [5.41, 5.74) is 13.4. The molecule has 3 heterocycles. The number of nitrogens with zero attached hydrogens (tertiary/aromatic N) is 4. The van der Waals surface area contributed by atoms with E-state index in [9.17, 15) is 9.59 Å². The average Bonchev–Trinajstić information content (AvgIpc) is 3.45. The number of pyridine rings is 1. The number of thioether (sulfide) groups is 1. The van der Waals surface area contributed by atoms with Crippen molar-refractivity contribution >= 4 is 74.1 Å². The molecule has 43 heavy (non-hydrogen) atoms. The van der Waals surface area contributed by atoms with Crippen LogP contribution in [0.5, 0.6) is 5.75 Å². The van der Waals surface area contributed by atoms with Crippen molar-refractivity contribution in [2.45, 2.75) is 13.3 Å². The maximum absolute atomic E-state index is 13.4. The van der Waals surface area contributed by atoms with Crippen molar-refractivity contribution in [3.63, 3.8) is 0 Å². The highest BCUT2D eigenvalue weighted by Gasteiger charge is 2.32.